The van der Waals surface area contributed by atoms with Crippen molar-refractivity contribution >= 4 is 23.3 Å². The zero-order valence-electron chi connectivity index (χ0n) is 9.04. The molecule has 4 heteroatoms. The highest BCUT2D eigenvalue weighted by atomic mass is 35.5. The Kier molecular flexibility index (Phi) is 3.46. The van der Waals surface area contributed by atoms with E-state index >= 15 is 0 Å². The molecule has 1 aromatic rings. The number of hydrogen-bond acceptors (Lipinski definition) is 2. The molecule has 84 valence electrons. The normalized spacial score (nSPS) is 10.6. The summed E-state index contributed by atoms with van der Waals surface area (Å²) in [5.74, 6) is 1.56. The van der Waals surface area contributed by atoms with Crippen LogP contribution in [0.3, 0.4) is 0 Å². The van der Waals surface area contributed by atoms with Gasteiger partial charge in [-0.05, 0) is 32.0 Å². The summed E-state index contributed by atoms with van der Waals surface area (Å²) < 4.78 is 0. The summed E-state index contributed by atoms with van der Waals surface area (Å²) >= 11 is 5.94. The fourth-order valence-corrected chi connectivity index (χ4v) is 1.35. The second-order valence-corrected chi connectivity index (χ2v) is 4.30. The molecule has 0 radical (unpaired) electrons. The van der Waals surface area contributed by atoms with Gasteiger partial charge in [-0.15, -0.1) is 6.42 Å². The fourth-order valence-electron chi connectivity index (χ4n) is 1.12. The summed E-state index contributed by atoms with van der Waals surface area (Å²) in [6.07, 6.45) is 5.33. The van der Waals surface area contributed by atoms with Crippen molar-refractivity contribution in [3.8, 4) is 12.3 Å². The number of terminal acetylenes is 1. The van der Waals surface area contributed by atoms with Crippen LogP contribution in [0.4, 0.5) is 5.69 Å². The van der Waals surface area contributed by atoms with E-state index in [0.29, 0.717) is 10.7 Å². The van der Waals surface area contributed by atoms with Gasteiger partial charge in [0.2, 0.25) is 0 Å². The van der Waals surface area contributed by atoms with Crippen molar-refractivity contribution in [1.29, 1.82) is 0 Å². The quantitative estimate of drug-likeness (QED) is 0.795. The Morgan fingerprint density at radius 1 is 1.56 bits per heavy atom. The molecule has 0 saturated carbocycles. The summed E-state index contributed by atoms with van der Waals surface area (Å²) in [5.41, 5.74) is 0.234. The number of halogens is 1. The summed E-state index contributed by atoms with van der Waals surface area (Å²) in [7, 11) is 0. The molecule has 2 N–H and O–H groups in total. The van der Waals surface area contributed by atoms with Crippen molar-refractivity contribution in [2.75, 3.05) is 5.32 Å². The molecule has 0 spiro atoms. The first kappa shape index (κ1) is 12.4. The van der Waals surface area contributed by atoms with E-state index in [0.717, 1.165) is 0 Å². The zero-order valence-corrected chi connectivity index (χ0v) is 9.80. The van der Waals surface area contributed by atoms with Gasteiger partial charge in [-0.2, -0.15) is 0 Å². The molecule has 1 rings (SSSR count). The highest BCUT2D eigenvalue weighted by Crippen LogP contribution is 2.25. The van der Waals surface area contributed by atoms with Gasteiger partial charge in [0.05, 0.1) is 21.8 Å². The molecule has 0 heterocycles. The number of hydrogen-bond donors (Lipinski definition) is 2. The SMILES string of the molecule is C#CC(C)(C)Nc1ccc(C(=O)O)cc1Cl. The van der Waals surface area contributed by atoms with Crippen LogP contribution in [0.15, 0.2) is 18.2 Å². The highest BCUT2D eigenvalue weighted by Gasteiger charge is 2.15. The van der Waals surface area contributed by atoms with Crippen molar-refractivity contribution in [2.24, 2.45) is 0 Å². The van der Waals surface area contributed by atoms with Gasteiger partial charge in [-0.25, -0.2) is 4.79 Å². The number of nitrogens with one attached hydrogen (secondary N) is 1. The molecule has 0 fully saturated rings. The standard InChI is InChI=1S/C12H12ClNO2/c1-4-12(2,3)14-10-6-5-8(11(15)16)7-9(10)13/h1,5-7,14H,2-3H3,(H,15,16). The minimum absolute atomic E-state index is 0.147. The van der Waals surface area contributed by atoms with Gasteiger partial charge in [0.25, 0.3) is 0 Å². The van der Waals surface area contributed by atoms with Crippen LogP contribution >= 0.6 is 11.6 Å². The molecular weight excluding hydrogens is 226 g/mol. The minimum atomic E-state index is -1.01. The van der Waals surface area contributed by atoms with Crippen LogP contribution in [0.2, 0.25) is 5.02 Å². The number of carbonyl (C=O) groups is 1. The summed E-state index contributed by atoms with van der Waals surface area (Å²) in [5, 5.41) is 12.1. The van der Waals surface area contributed by atoms with E-state index in [9.17, 15) is 4.79 Å². The maximum Gasteiger partial charge on any atom is 0.335 e. The second kappa shape index (κ2) is 4.46. The van der Waals surface area contributed by atoms with Crippen LogP contribution in [0.5, 0.6) is 0 Å². The Balaban J connectivity index is 3.02. The zero-order chi connectivity index (χ0) is 12.3. The average molecular weight is 238 g/mol. The van der Waals surface area contributed by atoms with E-state index in [2.05, 4.69) is 11.2 Å². The van der Waals surface area contributed by atoms with E-state index in [-0.39, 0.29) is 5.56 Å². The van der Waals surface area contributed by atoms with Crippen LogP contribution in [0.1, 0.15) is 24.2 Å². The number of carboxylic acid groups (broad SMARTS) is 1. The van der Waals surface area contributed by atoms with Gasteiger partial charge in [0, 0.05) is 0 Å². The third-order valence-electron chi connectivity index (χ3n) is 2.02. The molecule has 0 bridgehead atoms. The molecule has 1 aromatic carbocycles. The number of carboxylic acids is 1. The third-order valence-corrected chi connectivity index (χ3v) is 2.34. The van der Waals surface area contributed by atoms with Crippen molar-refractivity contribution < 1.29 is 9.90 Å². The lowest BCUT2D eigenvalue weighted by molar-refractivity contribution is 0.0697. The molecule has 16 heavy (non-hydrogen) atoms. The number of benzene rings is 1. The maximum atomic E-state index is 10.7. The summed E-state index contributed by atoms with van der Waals surface area (Å²) in [4.78, 5) is 10.7. The third kappa shape index (κ3) is 2.91. The first-order valence-electron chi connectivity index (χ1n) is 4.64. The first-order valence-corrected chi connectivity index (χ1v) is 5.02. The van der Waals surface area contributed by atoms with Crippen molar-refractivity contribution in [3.63, 3.8) is 0 Å². The fraction of sp³-hybridized carbons (Fsp3) is 0.250. The van der Waals surface area contributed by atoms with Crippen LogP contribution in [0.25, 0.3) is 0 Å². The Bertz CT molecular complexity index is 461. The molecule has 0 saturated heterocycles. The van der Waals surface area contributed by atoms with Gasteiger partial charge in [0.15, 0.2) is 0 Å². The van der Waals surface area contributed by atoms with Crippen LogP contribution in [0, 0.1) is 12.3 Å². The van der Waals surface area contributed by atoms with E-state index in [1.54, 1.807) is 6.07 Å². The Morgan fingerprint density at radius 3 is 2.62 bits per heavy atom. The topological polar surface area (TPSA) is 49.3 Å². The largest absolute Gasteiger partial charge is 0.478 e. The van der Waals surface area contributed by atoms with Gasteiger partial charge < -0.3 is 10.4 Å². The lowest BCUT2D eigenvalue weighted by Gasteiger charge is -2.22. The van der Waals surface area contributed by atoms with Crippen molar-refractivity contribution in [2.45, 2.75) is 19.4 Å². The predicted molar refractivity (Wildman–Crippen MR) is 64.9 cm³/mol. The molecule has 0 aromatic heterocycles. The smallest absolute Gasteiger partial charge is 0.335 e. The lowest BCUT2D eigenvalue weighted by atomic mass is 10.1. The lowest BCUT2D eigenvalue weighted by Crippen LogP contribution is -2.28. The number of rotatable bonds is 3. The molecule has 3 nitrogen and oxygen atoms in total. The van der Waals surface area contributed by atoms with Crippen LogP contribution < -0.4 is 5.32 Å². The van der Waals surface area contributed by atoms with Crippen LogP contribution in [-0.4, -0.2) is 16.6 Å². The molecule has 0 amide bonds. The molecule has 0 aliphatic carbocycles. The first-order chi connectivity index (χ1) is 7.35. The Hall–Kier alpha value is -1.66. The molecule has 0 aliphatic heterocycles. The molecule has 0 aliphatic rings. The van der Waals surface area contributed by atoms with Crippen molar-refractivity contribution in [3.05, 3.63) is 28.8 Å². The van der Waals surface area contributed by atoms with Gasteiger partial charge >= 0.3 is 5.97 Å². The molecular formula is C12H12ClNO2. The van der Waals surface area contributed by atoms with E-state index in [1.165, 1.54) is 12.1 Å². The maximum absolute atomic E-state index is 10.7. The highest BCUT2D eigenvalue weighted by molar-refractivity contribution is 6.33. The second-order valence-electron chi connectivity index (χ2n) is 3.89. The van der Waals surface area contributed by atoms with Gasteiger partial charge in [-0.3, -0.25) is 0 Å². The summed E-state index contributed by atoms with van der Waals surface area (Å²) in [6, 6.07) is 4.47. The average Bonchev–Trinajstić information content (AvgIpc) is 2.20. The van der Waals surface area contributed by atoms with Crippen molar-refractivity contribution in [1.82, 2.24) is 0 Å². The summed E-state index contributed by atoms with van der Waals surface area (Å²) in [6.45, 7) is 3.66. The van der Waals surface area contributed by atoms with Crippen LogP contribution in [-0.2, 0) is 0 Å². The number of aromatic carboxylic acids is 1. The predicted octanol–water partition coefficient (Wildman–Crippen LogP) is 2.86. The van der Waals surface area contributed by atoms with Gasteiger partial charge in [-0.1, -0.05) is 17.5 Å². The Labute approximate surface area is 99.4 Å². The van der Waals surface area contributed by atoms with Gasteiger partial charge in [0.1, 0.15) is 0 Å². The monoisotopic (exact) mass is 237 g/mol. The minimum Gasteiger partial charge on any atom is -0.478 e. The molecule has 0 atom stereocenters. The Morgan fingerprint density at radius 2 is 2.19 bits per heavy atom. The number of anilines is 1. The van der Waals surface area contributed by atoms with E-state index in [1.807, 2.05) is 13.8 Å². The van der Waals surface area contributed by atoms with E-state index in [4.69, 9.17) is 23.1 Å². The molecule has 0 unspecified atom stereocenters. The van der Waals surface area contributed by atoms with E-state index < -0.39 is 11.5 Å².